The van der Waals surface area contributed by atoms with E-state index in [4.69, 9.17) is 10.5 Å². The molecule has 11 heavy (non-hydrogen) atoms. The van der Waals surface area contributed by atoms with E-state index in [1.54, 1.807) is 0 Å². The highest BCUT2D eigenvalue weighted by Gasteiger charge is 2.42. The molecule has 2 aliphatic rings. The standard InChI is InChI=1S/C8H16N2O/c9-7-5-10-6-8(7)3-1-2-4-11-8/h7,10H,1-6,9H2. The minimum Gasteiger partial charge on any atom is -0.372 e. The van der Waals surface area contributed by atoms with Crippen LogP contribution in [0.5, 0.6) is 0 Å². The Morgan fingerprint density at radius 1 is 1.45 bits per heavy atom. The second-order valence-corrected chi connectivity index (χ2v) is 3.61. The van der Waals surface area contributed by atoms with Gasteiger partial charge in [0, 0.05) is 25.7 Å². The van der Waals surface area contributed by atoms with E-state index in [9.17, 15) is 0 Å². The summed E-state index contributed by atoms with van der Waals surface area (Å²) in [7, 11) is 0. The van der Waals surface area contributed by atoms with Gasteiger partial charge in [-0.3, -0.25) is 0 Å². The van der Waals surface area contributed by atoms with Crippen molar-refractivity contribution in [1.82, 2.24) is 5.32 Å². The van der Waals surface area contributed by atoms with Gasteiger partial charge in [-0.1, -0.05) is 0 Å². The van der Waals surface area contributed by atoms with Gasteiger partial charge in [-0.2, -0.15) is 0 Å². The Labute approximate surface area is 67.3 Å². The van der Waals surface area contributed by atoms with Crippen LogP contribution in [0.3, 0.4) is 0 Å². The predicted molar refractivity (Wildman–Crippen MR) is 43.4 cm³/mol. The van der Waals surface area contributed by atoms with E-state index < -0.39 is 0 Å². The minimum absolute atomic E-state index is 0.00174. The van der Waals surface area contributed by atoms with Crippen LogP contribution in [0.25, 0.3) is 0 Å². The number of hydrogen-bond acceptors (Lipinski definition) is 3. The van der Waals surface area contributed by atoms with Crippen molar-refractivity contribution in [1.29, 1.82) is 0 Å². The van der Waals surface area contributed by atoms with Crippen LogP contribution >= 0.6 is 0 Å². The molecule has 0 aliphatic carbocycles. The summed E-state index contributed by atoms with van der Waals surface area (Å²) in [5, 5.41) is 3.28. The van der Waals surface area contributed by atoms with Crippen LogP contribution in [-0.2, 0) is 4.74 Å². The Morgan fingerprint density at radius 2 is 2.36 bits per heavy atom. The first kappa shape index (κ1) is 7.53. The zero-order valence-corrected chi connectivity index (χ0v) is 6.81. The maximum Gasteiger partial charge on any atom is 0.0968 e. The summed E-state index contributed by atoms with van der Waals surface area (Å²) in [5.74, 6) is 0. The molecule has 2 rings (SSSR count). The fourth-order valence-corrected chi connectivity index (χ4v) is 2.06. The van der Waals surface area contributed by atoms with E-state index in [2.05, 4.69) is 5.32 Å². The van der Waals surface area contributed by atoms with Crippen molar-refractivity contribution in [2.24, 2.45) is 5.73 Å². The lowest BCUT2D eigenvalue weighted by atomic mass is 9.90. The largest absolute Gasteiger partial charge is 0.372 e. The van der Waals surface area contributed by atoms with Gasteiger partial charge in [0.25, 0.3) is 0 Å². The summed E-state index contributed by atoms with van der Waals surface area (Å²) >= 11 is 0. The molecule has 0 aromatic carbocycles. The number of rotatable bonds is 0. The smallest absolute Gasteiger partial charge is 0.0968 e. The SMILES string of the molecule is NC1CNCC12CCCCO2. The molecule has 2 heterocycles. The predicted octanol–water partition coefficient (Wildman–Crippen LogP) is -0.144. The van der Waals surface area contributed by atoms with Gasteiger partial charge in [-0.25, -0.2) is 0 Å². The van der Waals surface area contributed by atoms with Gasteiger partial charge in [0.2, 0.25) is 0 Å². The summed E-state index contributed by atoms with van der Waals surface area (Å²) in [6, 6.07) is 0.211. The molecule has 2 saturated heterocycles. The fraction of sp³-hybridized carbons (Fsp3) is 1.00. The van der Waals surface area contributed by atoms with Gasteiger partial charge in [0.15, 0.2) is 0 Å². The van der Waals surface area contributed by atoms with E-state index >= 15 is 0 Å². The van der Waals surface area contributed by atoms with Crippen molar-refractivity contribution in [3.8, 4) is 0 Å². The first-order valence-electron chi connectivity index (χ1n) is 4.44. The Balaban J connectivity index is 2.06. The van der Waals surface area contributed by atoms with Crippen molar-refractivity contribution in [3.05, 3.63) is 0 Å². The molecule has 1 spiro atoms. The normalized spacial score (nSPS) is 45.0. The molecule has 0 saturated carbocycles. The quantitative estimate of drug-likeness (QED) is 0.513. The molecule has 3 heteroatoms. The summed E-state index contributed by atoms with van der Waals surface area (Å²) in [6.45, 7) is 2.77. The molecule has 0 aromatic heterocycles. The van der Waals surface area contributed by atoms with Crippen LogP contribution in [0.15, 0.2) is 0 Å². The molecule has 2 unspecified atom stereocenters. The third-order valence-corrected chi connectivity index (χ3v) is 2.85. The van der Waals surface area contributed by atoms with Gasteiger partial charge < -0.3 is 15.8 Å². The Morgan fingerprint density at radius 3 is 2.91 bits per heavy atom. The topological polar surface area (TPSA) is 47.3 Å². The first-order chi connectivity index (χ1) is 5.33. The molecule has 0 radical (unpaired) electrons. The molecule has 3 nitrogen and oxygen atoms in total. The van der Waals surface area contributed by atoms with E-state index in [0.717, 1.165) is 26.1 Å². The Bertz CT molecular complexity index is 143. The average Bonchev–Trinajstić information content (AvgIpc) is 2.36. The fourth-order valence-electron chi connectivity index (χ4n) is 2.06. The van der Waals surface area contributed by atoms with Crippen molar-refractivity contribution in [2.75, 3.05) is 19.7 Å². The molecular weight excluding hydrogens is 140 g/mol. The molecule has 2 fully saturated rings. The van der Waals surface area contributed by atoms with Gasteiger partial charge in [0.1, 0.15) is 0 Å². The monoisotopic (exact) mass is 156 g/mol. The summed E-state index contributed by atoms with van der Waals surface area (Å²) in [4.78, 5) is 0. The highest BCUT2D eigenvalue weighted by molar-refractivity contribution is 5.01. The zero-order valence-electron chi connectivity index (χ0n) is 6.81. The van der Waals surface area contributed by atoms with Crippen LogP contribution in [-0.4, -0.2) is 31.3 Å². The van der Waals surface area contributed by atoms with Crippen molar-refractivity contribution < 1.29 is 4.74 Å². The van der Waals surface area contributed by atoms with Crippen molar-refractivity contribution >= 4 is 0 Å². The number of ether oxygens (including phenoxy) is 1. The number of nitrogens with one attached hydrogen (secondary N) is 1. The Kier molecular flexibility index (Phi) is 1.87. The third kappa shape index (κ3) is 1.17. The van der Waals surface area contributed by atoms with E-state index in [-0.39, 0.29) is 11.6 Å². The minimum atomic E-state index is -0.00174. The molecule has 2 atom stereocenters. The number of hydrogen-bond donors (Lipinski definition) is 2. The average molecular weight is 156 g/mol. The first-order valence-corrected chi connectivity index (χ1v) is 4.44. The molecule has 2 aliphatic heterocycles. The third-order valence-electron chi connectivity index (χ3n) is 2.85. The Hall–Kier alpha value is -0.120. The second-order valence-electron chi connectivity index (χ2n) is 3.61. The maximum atomic E-state index is 5.96. The van der Waals surface area contributed by atoms with Gasteiger partial charge in [-0.05, 0) is 19.3 Å². The van der Waals surface area contributed by atoms with Crippen LogP contribution < -0.4 is 11.1 Å². The highest BCUT2D eigenvalue weighted by Crippen LogP contribution is 2.29. The van der Waals surface area contributed by atoms with Crippen LogP contribution in [0.2, 0.25) is 0 Å². The molecule has 64 valence electrons. The summed E-state index contributed by atoms with van der Waals surface area (Å²) in [5.41, 5.74) is 5.96. The van der Waals surface area contributed by atoms with Crippen LogP contribution in [0, 0.1) is 0 Å². The molecule has 3 N–H and O–H groups in total. The highest BCUT2D eigenvalue weighted by atomic mass is 16.5. The summed E-state index contributed by atoms with van der Waals surface area (Å²) in [6.07, 6.45) is 3.62. The molecule has 0 amide bonds. The van der Waals surface area contributed by atoms with E-state index in [1.807, 2.05) is 0 Å². The van der Waals surface area contributed by atoms with Gasteiger partial charge in [0.05, 0.1) is 5.60 Å². The lowest BCUT2D eigenvalue weighted by Gasteiger charge is -2.36. The lowest BCUT2D eigenvalue weighted by Crippen LogP contribution is -2.51. The van der Waals surface area contributed by atoms with Gasteiger partial charge >= 0.3 is 0 Å². The zero-order chi connectivity index (χ0) is 7.73. The maximum absolute atomic E-state index is 5.96. The molecule has 0 aromatic rings. The van der Waals surface area contributed by atoms with E-state index in [0.29, 0.717) is 0 Å². The van der Waals surface area contributed by atoms with Crippen LogP contribution in [0.1, 0.15) is 19.3 Å². The lowest BCUT2D eigenvalue weighted by molar-refractivity contribution is -0.0727. The van der Waals surface area contributed by atoms with Gasteiger partial charge in [-0.15, -0.1) is 0 Å². The number of nitrogens with two attached hydrogens (primary N) is 1. The summed E-state index contributed by atoms with van der Waals surface area (Å²) < 4.78 is 5.75. The second kappa shape index (κ2) is 2.73. The molecular formula is C8H16N2O. The van der Waals surface area contributed by atoms with Crippen molar-refractivity contribution in [2.45, 2.75) is 30.9 Å². The van der Waals surface area contributed by atoms with E-state index in [1.165, 1.54) is 12.8 Å². The molecule has 0 bridgehead atoms. The van der Waals surface area contributed by atoms with Crippen molar-refractivity contribution in [3.63, 3.8) is 0 Å². The van der Waals surface area contributed by atoms with Crippen LogP contribution in [0.4, 0.5) is 0 Å².